The monoisotopic (exact) mass is 310 g/mol. The summed E-state index contributed by atoms with van der Waals surface area (Å²) in [6, 6.07) is 8.04. The summed E-state index contributed by atoms with van der Waals surface area (Å²) in [6.45, 7) is 1.61. The molecule has 0 aliphatic carbocycles. The largest absolute Gasteiger partial charge is 0.289 e. The van der Waals surface area contributed by atoms with E-state index in [1.807, 2.05) is 0 Å². The van der Waals surface area contributed by atoms with Crippen molar-refractivity contribution in [2.75, 3.05) is 0 Å². The van der Waals surface area contributed by atoms with Crippen LogP contribution in [0, 0.1) is 18.6 Å². The predicted octanol–water partition coefficient (Wildman–Crippen LogP) is 4.27. The van der Waals surface area contributed by atoms with Crippen molar-refractivity contribution in [2.24, 2.45) is 0 Å². The molecule has 2 aromatic carbocycles. The van der Waals surface area contributed by atoms with Crippen molar-refractivity contribution in [3.05, 3.63) is 69.2 Å². The van der Waals surface area contributed by atoms with E-state index in [1.54, 1.807) is 6.92 Å². The molecular formula is C14H9BrF2O. The molecule has 0 atom stereocenters. The number of carbonyl (C=O) groups excluding carboxylic acids is 1. The summed E-state index contributed by atoms with van der Waals surface area (Å²) in [6.07, 6.45) is 0. The van der Waals surface area contributed by atoms with Crippen molar-refractivity contribution >= 4 is 21.7 Å². The van der Waals surface area contributed by atoms with Crippen LogP contribution < -0.4 is 0 Å². The zero-order chi connectivity index (χ0) is 13.3. The summed E-state index contributed by atoms with van der Waals surface area (Å²) in [5, 5.41) is 0. The molecule has 0 saturated carbocycles. The van der Waals surface area contributed by atoms with Crippen LogP contribution >= 0.6 is 15.9 Å². The minimum Gasteiger partial charge on any atom is -0.289 e. The molecule has 0 bridgehead atoms. The second-order valence-corrected chi connectivity index (χ2v) is 4.77. The van der Waals surface area contributed by atoms with Gasteiger partial charge in [-0.1, -0.05) is 28.1 Å². The molecule has 0 radical (unpaired) electrons. The lowest BCUT2D eigenvalue weighted by molar-refractivity contribution is 0.103. The standard InChI is InChI=1S/C14H9BrF2O/c1-8-2-3-9(6-13(8)17)14(18)11-7-10(16)4-5-12(11)15/h2-7H,1H3. The fourth-order valence-electron chi connectivity index (χ4n) is 1.56. The van der Waals surface area contributed by atoms with Crippen LogP contribution in [0.4, 0.5) is 8.78 Å². The Morgan fingerprint density at radius 1 is 1.11 bits per heavy atom. The number of ketones is 1. The predicted molar refractivity (Wildman–Crippen MR) is 68.7 cm³/mol. The fourth-order valence-corrected chi connectivity index (χ4v) is 1.99. The minimum atomic E-state index is -0.505. The third kappa shape index (κ3) is 2.48. The SMILES string of the molecule is Cc1ccc(C(=O)c2cc(F)ccc2Br)cc1F. The molecule has 0 aromatic heterocycles. The van der Waals surface area contributed by atoms with Gasteiger partial charge in [0.15, 0.2) is 5.78 Å². The lowest BCUT2D eigenvalue weighted by atomic mass is 10.0. The number of halogens is 3. The minimum absolute atomic E-state index is 0.179. The van der Waals surface area contributed by atoms with Crippen LogP contribution in [0.2, 0.25) is 0 Å². The number of carbonyl (C=O) groups is 1. The van der Waals surface area contributed by atoms with Crippen molar-refractivity contribution in [1.82, 2.24) is 0 Å². The van der Waals surface area contributed by atoms with E-state index in [4.69, 9.17) is 0 Å². The lowest BCUT2D eigenvalue weighted by Crippen LogP contribution is -2.04. The second kappa shape index (κ2) is 4.98. The van der Waals surface area contributed by atoms with Crippen LogP contribution in [0.25, 0.3) is 0 Å². The van der Waals surface area contributed by atoms with E-state index in [1.165, 1.54) is 24.3 Å². The van der Waals surface area contributed by atoms with Crippen LogP contribution in [-0.4, -0.2) is 5.78 Å². The highest BCUT2D eigenvalue weighted by Crippen LogP contribution is 2.22. The van der Waals surface area contributed by atoms with E-state index < -0.39 is 17.4 Å². The highest BCUT2D eigenvalue weighted by Gasteiger charge is 2.14. The first-order valence-corrected chi connectivity index (χ1v) is 6.04. The fraction of sp³-hybridized carbons (Fsp3) is 0.0714. The van der Waals surface area contributed by atoms with Crippen molar-refractivity contribution < 1.29 is 13.6 Å². The average molecular weight is 311 g/mol. The number of benzene rings is 2. The van der Waals surface area contributed by atoms with Crippen molar-refractivity contribution in [2.45, 2.75) is 6.92 Å². The summed E-state index contributed by atoms with van der Waals surface area (Å²) in [7, 11) is 0. The molecule has 2 rings (SSSR count). The molecule has 0 aliphatic heterocycles. The number of rotatable bonds is 2. The molecule has 18 heavy (non-hydrogen) atoms. The molecule has 2 aromatic rings. The Hall–Kier alpha value is -1.55. The molecular weight excluding hydrogens is 302 g/mol. The first-order valence-electron chi connectivity index (χ1n) is 5.25. The second-order valence-electron chi connectivity index (χ2n) is 3.92. The van der Waals surface area contributed by atoms with Gasteiger partial charge in [-0.15, -0.1) is 0 Å². The molecule has 92 valence electrons. The summed E-state index contributed by atoms with van der Waals surface area (Å²) < 4.78 is 27.0. The molecule has 0 N–H and O–H groups in total. The van der Waals surface area contributed by atoms with Crippen LogP contribution in [0.5, 0.6) is 0 Å². The van der Waals surface area contributed by atoms with E-state index in [0.29, 0.717) is 10.0 Å². The molecule has 0 spiro atoms. The summed E-state index contributed by atoms with van der Waals surface area (Å²) in [5.74, 6) is -1.37. The lowest BCUT2D eigenvalue weighted by Gasteiger charge is -2.05. The molecule has 0 amide bonds. The zero-order valence-corrected chi connectivity index (χ0v) is 11.1. The Bertz CT molecular complexity index is 623. The number of hydrogen-bond donors (Lipinski definition) is 0. The molecule has 0 aliphatic rings. The first-order chi connectivity index (χ1) is 8.49. The summed E-state index contributed by atoms with van der Waals surface area (Å²) >= 11 is 3.18. The first kappa shape index (κ1) is 12.9. The number of hydrogen-bond acceptors (Lipinski definition) is 1. The van der Waals surface area contributed by atoms with Crippen LogP contribution in [0.3, 0.4) is 0 Å². The Morgan fingerprint density at radius 2 is 1.83 bits per heavy atom. The Balaban J connectivity index is 2.47. The molecule has 4 heteroatoms. The maximum Gasteiger partial charge on any atom is 0.194 e. The smallest absolute Gasteiger partial charge is 0.194 e. The summed E-state index contributed by atoms with van der Waals surface area (Å²) in [4.78, 5) is 12.1. The van der Waals surface area contributed by atoms with Gasteiger partial charge in [0.1, 0.15) is 11.6 Å². The van der Waals surface area contributed by atoms with Gasteiger partial charge in [0.05, 0.1) is 0 Å². The summed E-state index contributed by atoms with van der Waals surface area (Å²) in [5.41, 5.74) is 0.840. The van der Waals surface area contributed by atoms with Crippen molar-refractivity contribution in [1.29, 1.82) is 0 Å². The van der Waals surface area contributed by atoms with Crippen LogP contribution in [0.15, 0.2) is 40.9 Å². The highest BCUT2D eigenvalue weighted by atomic mass is 79.9. The quantitative estimate of drug-likeness (QED) is 0.757. The van der Waals surface area contributed by atoms with Gasteiger partial charge < -0.3 is 0 Å². The maximum absolute atomic E-state index is 13.4. The van der Waals surface area contributed by atoms with Gasteiger partial charge in [-0.05, 0) is 36.8 Å². The highest BCUT2D eigenvalue weighted by molar-refractivity contribution is 9.10. The van der Waals surface area contributed by atoms with Gasteiger partial charge >= 0.3 is 0 Å². The number of aryl methyl sites for hydroxylation is 1. The average Bonchev–Trinajstić information content (AvgIpc) is 2.35. The molecule has 0 heterocycles. The third-order valence-electron chi connectivity index (χ3n) is 2.61. The van der Waals surface area contributed by atoms with E-state index in [0.717, 1.165) is 12.1 Å². The van der Waals surface area contributed by atoms with E-state index in [9.17, 15) is 13.6 Å². The van der Waals surface area contributed by atoms with Crippen LogP contribution in [0.1, 0.15) is 21.5 Å². The maximum atomic E-state index is 13.4. The molecule has 0 unspecified atom stereocenters. The Kier molecular flexibility index (Phi) is 3.57. The third-order valence-corrected chi connectivity index (χ3v) is 3.30. The molecule has 0 saturated heterocycles. The Labute approximate surface area is 112 Å². The topological polar surface area (TPSA) is 17.1 Å². The van der Waals surface area contributed by atoms with Gasteiger partial charge in [0, 0.05) is 15.6 Å². The van der Waals surface area contributed by atoms with Crippen molar-refractivity contribution in [3.63, 3.8) is 0 Å². The van der Waals surface area contributed by atoms with Gasteiger partial charge in [-0.2, -0.15) is 0 Å². The normalized spacial score (nSPS) is 10.4. The molecule has 1 nitrogen and oxygen atoms in total. The Morgan fingerprint density at radius 3 is 2.50 bits per heavy atom. The van der Waals surface area contributed by atoms with Crippen molar-refractivity contribution in [3.8, 4) is 0 Å². The zero-order valence-electron chi connectivity index (χ0n) is 9.51. The van der Waals surface area contributed by atoms with E-state index in [-0.39, 0.29) is 11.1 Å². The van der Waals surface area contributed by atoms with Gasteiger partial charge in [0.25, 0.3) is 0 Å². The van der Waals surface area contributed by atoms with Crippen LogP contribution in [-0.2, 0) is 0 Å². The van der Waals surface area contributed by atoms with E-state index >= 15 is 0 Å². The van der Waals surface area contributed by atoms with Gasteiger partial charge in [0.2, 0.25) is 0 Å². The van der Waals surface area contributed by atoms with Gasteiger partial charge in [-0.25, -0.2) is 8.78 Å². The van der Waals surface area contributed by atoms with Gasteiger partial charge in [-0.3, -0.25) is 4.79 Å². The van der Waals surface area contributed by atoms with E-state index in [2.05, 4.69) is 15.9 Å². The molecule has 0 fully saturated rings.